The summed E-state index contributed by atoms with van der Waals surface area (Å²) < 4.78 is 27.1. The van der Waals surface area contributed by atoms with Crippen molar-refractivity contribution in [2.24, 2.45) is 0 Å². The number of likely N-dealkylation sites (tertiary alicyclic amines) is 1. The molecule has 2 aromatic carbocycles. The fourth-order valence-corrected chi connectivity index (χ4v) is 5.80. The topological polar surface area (TPSA) is 60.9 Å². The van der Waals surface area contributed by atoms with Crippen LogP contribution >= 0.6 is 0 Å². The third kappa shape index (κ3) is 5.30. The Morgan fingerprint density at radius 2 is 1.67 bits per heavy atom. The summed E-state index contributed by atoms with van der Waals surface area (Å²) in [5.41, 5.74) is 3.40. The summed E-state index contributed by atoms with van der Waals surface area (Å²) in [7, 11) is -3.62. The summed E-state index contributed by atoms with van der Waals surface area (Å²) in [4.78, 5) is 2.81. The van der Waals surface area contributed by atoms with Crippen LogP contribution in [0.15, 0.2) is 53.4 Å². The Kier molecular flexibility index (Phi) is 7.69. The highest BCUT2D eigenvalue weighted by Gasteiger charge is 2.26. The molecule has 1 aliphatic rings. The predicted molar refractivity (Wildman–Crippen MR) is 122 cm³/mol. The second-order valence-corrected chi connectivity index (χ2v) is 10.3. The number of sulfonamides is 1. The maximum Gasteiger partial charge on any atom is 0.243 e. The molecule has 0 saturated carbocycles. The molecular formula is C24H34N2O3S. The largest absolute Gasteiger partial charge is 0.395 e. The van der Waals surface area contributed by atoms with Crippen LogP contribution < -0.4 is 0 Å². The lowest BCUT2D eigenvalue weighted by Gasteiger charge is -2.25. The van der Waals surface area contributed by atoms with Gasteiger partial charge in [-0.2, -0.15) is 4.31 Å². The van der Waals surface area contributed by atoms with Gasteiger partial charge in [0.25, 0.3) is 0 Å². The molecule has 30 heavy (non-hydrogen) atoms. The van der Waals surface area contributed by atoms with Gasteiger partial charge in [0.2, 0.25) is 10.0 Å². The van der Waals surface area contributed by atoms with Crippen molar-refractivity contribution < 1.29 is 13.5 Å². The highest BCUT2D eigenvalue weighted by atomic mass is 32.2. The van der Waals surface area contributed by atoms with E-state index in [1.807, 2.05) is 26.0 Å². The van der Waals surface area contributed by atoms with Gasteiger partial charge in [-0.25, -0.2) is 8.42 Å². The minimum Gasteiger partial charge on any atom is -0.395 e. The first-order chi connectivity index (χ1) is 14.3. The smallest absolute Gasteiger partial charge is 0.243 e. The van der Waals surface area contributed by atoms with Gasteiger partial charge in [-0.3, -0.25) is 0 Å². The number of nitrogens with zero attached hydrogens (tertiary/aromatic N) is 2. The summed E-state index contributed by atoms with van der Waals surface area (Å²) in [6.45, 7) is 8.15. The van der Waals surface area contributed by atoms with Crippen LogP contribution in [0.3, 0.4) is 0 Å². The molecule has 1 unspecified atom stereocenters. The monoisotopic (exact) mass is 430 g/mol. The molecule has 3 rings (SSSR count). The summed E-state index contributed by atoms with van der Waals surface area (Å²) in [6, 6.07) is 16.1. The molecule has 164 valence electrons. The zero-order chi connectivity index (χ0) is 21.7. The van der Waals surface area contributed by atoms with E-state index in [4.69, 9.17) is 0 Å². The number of hydrogen-bond donors (Lipinski definition) is 1. The van der Waals surface area contributed by atoms with Crippen LogP contribution in [0.2, 0.25) is 0 Å². The highest BCUT2D eigenvalue weighted by molar-refractivity contribution is 7.89. The number of aliphatic hydroxyl groups excluding tert-OH is 1. The van der Waals surface area contributed by atoms with Crippen LogP contribution in [0.25, 0.3) is 11.1 Å². The van der Waals surface area contributed by atoms with Crippen molar-refractivity contribution in [1.82, 2.24) is 9.21 Å². The SMILES string of the molecule is CC1CCCN1CCc1ccc(-c2ccc(S(=O)(=O)N(CCO)C(C)C)cc2)cc1. The van der Waals surface area contributed by atoms with E-state index in [1.54, 1.807) is 12.1 Å². The average Bonchev–Trinajstić information content (AvgIpc) is 3.15. The van der Waals surface area contributed by atoms with E-state index in [-0.39, 0.29) is 24.1 Å². The summed E-state index contributed by atoms with van der Waals surface area (Å²) in [5, 5.41) is 9.21. The summed E-state index contributed by atoms with van der Waals surface area (Å²) in [5.74, 6) is 0. The third-order valence-corrected chi connectivity index (χ3v) is 8.11. The van der Waals surface area contributed by atoms with E-state index >= 15 is 0 Å². The fourth-order valence-electron chi connectivity index (χ4n) is 4.17. The van der Waals surface area contributed by atoms with Gasteiger partial charge in [0.05, 0.1) is 11.5 Å². The van der Waals surface area contributed by atoms with Gasteiger partial charge in [-0.05, 0) is 75.4 Å². The van der Waals surface area contributed by atoms with E-state index in [2.05, 4.69) is 36.1 Å². The molecule has 1 heterocycles. The normalized spacial score (nSPS) is 17.9. The fraction of sp³-hybridized carbons (Fsp3) is 0.500. The molecule has 0 bridgehead atoms. The molecule has 1 N–H and O–H groups in total. The van der Waals surface area contributed by atoms with Crippen molar-refractivity contribution >= 4 is 10.0 Å². The summed E-state index contributed by atoms with van der Waals surface area (Å²) >= 11 is 0. The van der Waals surface area contributed by atoms with Gasteiger partial charge < -0.3 is 10.0 Å². The van der Waals surface area contributed by atoms with Crippen LogP contribution in [-0.2, 0) is 16.4 Å². The molecule has 0 radical (unpaired) electrons. The van der Waals surface area contributed by atoms with Crippen LogP contribution in [0.4, 0.5) is 0 Å². The highest BCUT2D eigenvalue weighted by Crippen LogP contribution is 2.25. The zero-order valence-electron chi connectivity index (χ0n) is 18.3. The van der Waals surface area contributed by atoms with Gasteiger partial charge in [-0.15, -0.1) is 0 Å². The van der Waals surface area contributed by atoms with E-state index in [1.165, 1.54) is 29.3 Å². The minimum atomic E-state index is -3.62. The van der Waals surface area contributed by atoms with Crippen molar-refractivity contribution in [3.63, 3.8) is 0 Å². The molecule has 1 fully saturated rings. The Hall–Kier alpha value is -1.73. The lowest BCUT2D eigenvalue weighted by atomic mass is 10.0. The Morgan fingerprint density at radius 1 is 1.07 bits per heavy atom. The van der Waals surface area contributed by atoms with Crippen molar-refractivity contribution in [3.8, 4) is 11.1 Å². The maximum atomic E-state index is 12.9. The second kappa shape index (κ2) is 10.1. The molecule has 2 aromatic rings. The Bertz CT molecular complexity index is 908. The first kappa shape index (κ1) is 22.9. The predicted octanol–water partition coefficient (Wildman–Crippen LogP) is 3.77. The standard InChI is InChI=1S/C24H34N2O3S/c1-19(2)26(17-18-27)30(28,29)24-12-10-23(11-13-24)22-8-6-21(7-9-22)14-16-25-15-4-5-20(25)3/h6-13,19-20,27H,4-5,14-18H2,1-3H3. The zero-order valence-corrected chi connectivity index (χ0v) is 19.1. The van der Waals surface area contributed by atoms with Crippen LogP contribution in [-0.4, -0.2) is 61.1 Å². The molecule has 6 heteroatoms. The molecule has 1 atom stereocenters. The Balaban J connectivity index is 1.68. The molecule has 1 aliphatic heterocycles. The number of rotatable bonds is 9. The second-order valence-electron chi connectivity index (χ2n) is 8.43. The number of benzene rings is 2. The van der Waals surface area contributed by atoms with Crippen molar-refractivity contribution in [3.05, 3.63) is 54.1 Å². The lowest BCUT2D eigenvalue weighted by Crippen LogP contribution is -2.38. The average molecular weight is 431 g/mol. The molecule has 0 amide bonds. The third-order valence-electron chi connectivity index (χ3n) is 6.02. The van der Waals surface area contributed by atoms with E-state index in [0.717, 1.165) is 24.1 Å². The van der Waals surface area contributed by atoms with Gasteiger partial charge >= 0.3 is 0 Å². The Labute approximate surface area is 181 Å². The van der Waals surface area contributed by atoms with Crippen LogP contribution in [0.5, 0.6) is 0 Å². The van der Waals surface area contributed by atoms with Crippen molar-refractivity contribution in [2.75, 3.05) is 26.2 Å². The quantitative estimate of drug-likeness (QED) is 0.658. The van der Waals surface area contributed by atoms with E-state index in [9.17, 15) is 13.5 Å². The van der Waals surface area contributed by atoms with Gasteiger partial charge in [0, 0.05) is 25.2 Å². The minimum absolute atomic E-state index is 0.0966. The Morgan fingerprint density at radius 3 is 2.17 bits per heavy atom. The van der Waals surface area contributed by atoms with Crippen LogP contribution in [0.1, 0.15) is 39.2 Å². The van der Waals surface area contributed by atoms with Crippen molar-refractivity contribution in [1.29, 1.82) is 0 Å². The van der Waals surface area contributed by atoms with E-state index < -0.39 is 10.0 Å². The summed E-state index contributed by atoms with van der Waals surface area (Å²) in [6.07, 6.45) is 3.66. The molecule has 5 nitrogen and oxygen atoms in total. The number of aliphatic hydroxyl groups is 1. The number of hydrogen-bond acceptors (Lipinski definition) is 4. The van der Waals surface area contributed by atoms with Gasteiger partial charge in [0.1, 0.15) is 0 Å². The van der Waals surface area contributed by atoms with Gasteiger partial charge in [-0.1, -0.05) is 36.4 Å². The lowest BCUT2D eigenvalue weighted by molar-refractivity contribution is 0.236. The molecular weight excluding hydrogens is 396 g/mol. The van der Waals surface area contributed by atoms with Gasteiger partial charge in [0.15, 0.2) is 0 Å². The van der Waals surface area contributed by atoms with E-state index in [0.29, 0.717) is 6.04 Å². The molecule has 0 spiro atoms. The first-order valence-corrected chi connectivity index (χ1v) is 12.3. The van der Waals surface area contributed by atoms with Crippen LogP contribution in [0, 0.1) is 0 Å². The van der Waals surface area contributed by atoms with Crippen molar-refractivity contribution in [2.45, 2.75) is 57.0 Å². The molecule has 1 saturated heterocycles. The molecule has 0 aliphatic carbocycles. The molecule has 0 aromatic heterocycles. The maximum absolute atomic E-state index is 12.9. The first-order valence-electron chi connectivity index (χ1n) is 10.9.